The summed E-state index contributed by atoms with van der Waals surface area (Å²) < 4.78 is 6.95. The summed E-state index contributed by atoms with van der Waals surface area (Å²) in [6, 6.07) is 17.7. The fourth-order valence-electron chi connectivity index (χ4n) is 4.52. The number of nitrogens with zero attached hydrogens (tertiary/aromatic N) is 2. The number of para-hydroxylation sites is 1. The SMILES string of the molecule is CCOC(=O)c1c(NC(=O)CN2CCC(c3nc4ccccc4s3)CC2)sc(Cl)c1-c1ccccc1. The molecule has 0 atom stereocenters. The van der Waals surface area contributed by atoms with Crippen LogP contribution in [0.2, 0.25) is 4.34 Å². The second-order valence-electron chi connectivity index (χ2n) is 8.66. The molecule has 4 aromatic rings. The topological polar surface area (TPSA) is 71.5 Å². The molecular weight excluding hydrogens is 514 g/mol. The van der Waals surface area contributed by atoms with Crippen LogP contribution in [-0.2, 0) is 9.53 Å². The lowest BCUT2D eigenvalue weighted by Gasteiger charge is -2.30. The van der Waals surface area contributed by atoms with Gasteiger partial charge >= 0.3 is 5.97 Å². The minimum atomic E-state index is -0.494. The number of carbonyl (C=O) groups is 2. The normalized spacial score (nSPS) is 14.7. The molecule has 186 valence electrons. The van der Waals surface area contributed by atoms with Crippen molar-refractivity contribution in [2.75, 3.05) is 31.6 Å². The summed E-state index contributed by atoms with van der Waals surface area (Å²) in [4.78, 5) is 32.8. The van der Waals surface area contributed by atoms with Crippen LogP contribution < -0.4 is 5.32 Å². The van der Waals surface area contributed by atoms with Crippen molar-refractivity contribution in [3.8, 4) is 11.1 Å². The lowest BCUT2D eigenvalue weighted by molar-refractivity contribution is -0.117. The Labute approximate surface area is 222 Å². The number of nitrogens with one attached hydrogen (secondary N) is 1. The average molecular weight is 540 g/mol. The Morgan fingerprint density at radius 1 is 1.08 bits per heavy atom. The molecule has 9 heteroatoms. The number of rotatable bonds is 7. The van der Waals surface area contributed by atoms with Crippen molar-refractivity contribution >= 4 is 61.4 Å². The second kappa shape index (κ2) is 11.1. The summed E-state index contributed by atoms with van der Waals surface area (Å²) in [5.41, 5.74) is 2.76. The van der Waals surface area contributed by atoms with Crippen molar-refractivity contribution < 1.29 is 14.3 Å². The first kappa shape index (κ1) is 24.9. The number of fused-ring (bicyclic) bond motifs is 1. The summed E-state index contributed by atoms with van der Waals surface area (Å²) in [5.74, 6) is -0.246. The number of piperidine rings is 1. The van der Waals surface area contributed by atoms with Crippen LogP contribution in [0, 0.1) is 0 Å². The maximum Gasteiger partial charge on any atom is 0.341 e. The third-order valence-electron chi connectivity index (χ3n) is 6.27. The number of hydrogen-bond acceptors (Lipinski definition) is 7. The molecule has 1 saturated heterocycles. The molecule has 1 N–H and O–H groups in total. The fourth-order valence-corrected chi connectivity index (χ4v) is 7.05. The Morgan fingerprint density at radius 2 is 1.81 bits per heavy atom. The molecule has 0 bridgehead atoms. The number of amides is 1. The minimum absolute atomic E-state index is 0.170. The maximum absolute atomic E-state index is 13.0. The van der Waals surface area contributed by atoms with Crippen molar-refractivity contribution in [3.63, 3.8) is 0 Å². The number of benzene rings is 2. The number of aromatic nitrogens is 1. The minimum Gasteiger partial charge on any atom is -0.462 e. The van der Waals surface area contributed by atoms with E-state index in [0.717, 1.165) is 37.0 Å². The summed E-state index contributed by atoms with van der Waals surface area (Å²) in [5, 5.41) is 4.54. The van der Waals surface area contributed by atoms with Gasteiger partial charge in [0.1, 0.15) is 14.9 Å². The molecule has 2 aromatic heterocycles. The molecule has 6 nitrogen and oxygen atoms in total. The van der Waals surface area contributed by atoms with Gasteiger partial charge in [0.05, 0.1) is 28.4 Å². The first-order chi connectivity index (χ1) is 17.5. The van der Waals surface area contributed by atoms with E-state index in [2.05, 4.69) is 22.3 Å². The Hall–Kier alpha value is -2.78. The molecule has 1 fully saturated rings. The molecule has 0 radical (unpaired) electrons. The second-order valence-corrected chi connectivity index (χ2v) is 11.3. The molecule has 0 saturated carbocycles. The average Bonchev–Trinajstić information content (AvgIpc) is 3.46. The van der Waals surface area contributed by atoms with Crippen molar-refractivity contribution in [2.45, 2.75) is 25.7 Å². The van der Waals surface area contributed by atoms with Crippen LogP contribution in [0.4, 0.5) is 5.00 Å². The molecule has 0 aliphatic carbocycles. The highest BCUT2D eigenvalue weighted by atomic mass is 35.5. The van der Waals surface area contributed by atoms with Crippen LogP contribution in [-0.4, -0.2) is 48.0 Å². The number of likely N-dealkylation sites (tertiary alicyclic amines) is 1. The van der Waals surface area contributed by atoms with Crippen molar-refractivity contribution in [3.05, 3.63) is 69.5 Å². The first-order valence-electron chi connectivity index (χ1n) is 12.0. The van der Waals surface area contributed by atoms with E-state index in [-0.39, 0.29) is 19.1 Å². The quantitative estimate of drug-likeness (QED) is 0.265. The van der Waals surface area contributed by atoms with Crippen molar-refractivity contribution in [1.29, 1.82) is 0 Å². The summed E-state index contributed by atoms with van der Waals surface area (Å²) in [7, 11) is 0. The van der Waals surface area contributed by atoms with E-state index in [1.807, 2.05) is 42.5 Å². The highest BCUT2D eigenvalue weighted by Gasteiger charge is 2.28. The van der Waals surface area contributed by atoms with Gasteiger partial charge in [0, 0.05) is 11.5 Å². The molecule has 1 amide bonds. The van der Waals surface area contributed by atoms with Crippen LogP contribution in [0.5, 0.6) is 0 Å². The van der Waals surface area contributed by atoms with Gasteiger partial charge in [0.25, 0.3) is 0 Å². The summed E-state index contributed by atoms with van der Waals surface area (Å²) >= 11 is 9.51. The number of carbonyl (C=O) groups excluding carboxylic acids is 2. The smallest absolute Gasteiger partial charge is 0.341 e. The highest BCUT2D eigenvalue weighted by molar-refractivity contribution is 7.21. The zero-order valence-electron chi connectivity index (χ0n) is 19.8. The molecule has 5 rings (SSSR count). The van der Waals surface area contributed by atoms with E-state index >= 15 is 0 Å². The van der Waals surface area contributed by atoms with E-state index < -0.39 is 5.97 Å². The Kier molecular flexibility index (Phi) is 7.67. The Bertz CT molecular complexity index is 1340. The van der Waals surface area contributed by atoms with E-state index in [9.17, 15) is 9.59 Å². The number of esters is 1. The standard InChI is InChI=1S/C27H26ClN3O3S2/c1-2-34-27(33)23-22(17-8-4-3-5-9-17)24(28)36-26(23)30-21(32)16-31-14-12-18(13-15-31)25-29-19-10-6-7-11-20(19)35-25/h3-11,18H,2,12-16H2,1H3,(H,30,32). The molecule has 1 aliphatic rings. The Balaban J connectivity index is 1.25. The van der Waals surface area contributed by atoms with Crippen LogP contribution in [0.1, 0.15) is 41.0 Å². The van der Waals surface area contributed by atoms with E-state index in [1.54, 1.807) is 18.3 Å². The van der Waals surface area contributed by atoms with Crippen LogP contribution in [0.15, 0.2) is 54.6 Å². The molecule has 1 aliphatic heterocycles. The number of hydrogen-bond donors (Lipinski definition) is 1. The van der Waals surface area contributed by atoms with Crippen LogP contribution in [0.25, 0.3) is 21.3 Å². The zero-order chi connectivity index (χ0) is 25.1. The summed E-state index contributed by atoms with van der Waals surface area (Å²) in [6.45, 7) is 3.88. The van der Waals surface area contributed by atoms with Gasteiger partial charge in [0.2, 0.25) is 5.91 Å². The summed E-state index contributed by atoms with van der Waals surface area (Å²) in [6.07, 6.45) is 1.92. The number of halogens is 1. The number of thiophene rings is 1. The third-order valence-corrected chi connectivity index (χ3v) is 8.79. The van der Waals surface area contributed by atoms with E-state index in [4.69, 9.17) is 21.3 Å². The van der Waals surface area contributed by atoms with Gasteiger partial charge in [-0.25, -0.2) is 9.78 Å². The highest BCUT2D eigenvalue weighted by Crippen LogP contribution is 2.44. The van der Waals surface area contributed by atoms with Gasteiger partial charge in [-0.2, -0.15) is 0 Å². The van der Waals surface area contributed by atoms with E-state index in [1.165, 1.54) is 21.0 Å². The van der Waals surface area contributed by atoms with Gasteiger partial charge in [-0.3, -0.25) is 9.69 Å². The monoisotopic (exact) mass is 539 g/mol. The molecule has 3 heterocycles. The van der Waals surface area contributed by atoms with Gasteiger partial charge in [-0.1, -0.05) is 54.1 Å². The number of thiazole rings is 1. The lowest BCUT2D eigenvalue weighted by Crippen LogP contribution is -2.38. The van der Waals surface area contributed by atoms with Gasteiger partial charge < -0.3 is 10.1 Å². The van der Waals surface area contributed by atoms with E-state index in [0.29, 0.717) is 26.4 Å². The Morgan fingerprint density at radius 3 is 2.53 bits per heavy atom. The van der Waals surface area contributed by atoms with Gasteiger partial charge in [-0.15, -0.1) is 22.7 Å². The molecule has 0 unspecified atom stereocenters. The molecule has 2 aromatic carbocycles. The number of anilines is 1. The zero-order valence-corrected chi connectivity index (χ0v) is 22.2. The van der Waals surface area contributed by atoms with Crippen LogP contribution >= 0.6 is 34.3 Å². The van der Waals surface area contributed by atoms with Gasteiger partial charge in [0.15, 0.2) is 0 Å². The maximum atomic E-state index is 13.0. The fraction of sp³-hybridized carbons (Fsp3) is 0.296. The molecule has 0 spiro atoms. The predicted octanol–water partition coefficient (Wildman–Crippen LogP) is 6.67. The molecule has 36 heavy (non-hydrogen) atoms. The third kappa shape index (κ3) is 5.32. The molecular formula is C27H26ClN3O3S2. The lowest BCUT2D eigenvalue weighted by atomic mass is 9.97. The number of ether oxygens (including phenoxy) is 1. The largest absolute Gasteiger partial charge is 0.462 e. The van der Waals surface area contributed by atoms with Crippen molar-refractivity contribution in [2.24, 2.45) is 0 Å². The van der Waals surface area contributed by atoms with Gasteiger partial charge in [-0.05, 0) is 50.6 Å². The predicted molar refractivity (Wildman–Crippen MR) is 147 cm³/mol. The van der Waals surface area contributed by atoms with Crippen LogP contribution in [0.3, 0.4) is 0 Å². The van der Waals surface area contributed by atoms with Crippen molar-refractivity contribution in [1.82, 2.24) is 9.88 Å². The first-order valence-corrected chi connectivity index (χ1v) is 14.0.